The van der Waals surface area contributed by atoms with Crippen LogP contribution in [0, 0.1) is 10.8 Å². The number of allylic oxidation sites excluding steroid dienone is 1. The van der Waals surface area contributed by atoms with Crippen molar-refractivity contribution < 1.29 is 23.7 Å². The van der Waals surface area contributed by atoms with Crippen LogP contribution in [0.5, 0.6) is 11.5 Å². The molecule has 298 valence electrons. The molecule has 3 atom stereocenters. The molecule has 3 aliphatic rings. The van der Waals surface area contributed by atoms with Crippen LogP contribution in [0.2, 0.25) is 5.02 Å². The fraction of sp³-hybridized carbons (Fsp3) is 0.476. The Kier molecular flexibility index (Phi) is 12.6. The molecule has 4 heterocycles. The molecule has 2 aromatic carbocycles. The summed E-state index contributed by atoms with van der Waals surface area (Å²) in [7, 11) is 0. The number of carbonyl (C=O) groups excluding carboxylic acids is 1. The number of urea groups is 1. The average molecular weight is 785 g/mol. The minimum absolute atomic E-state index is 0.186. The van der Waals surface area contributed by atoms with Gasteiger partial charge in [0.15, 0.2) is 11.9 Å². The van der Waals surface area contributed by atoms with Gasteiger partial charge in [-0.15, -0.1) is 10.2 Å². The van der Waals surface area contributed by atoms with Crippen LogP contribution in [0.1, 0.15) is 95.4 Å². The lowest BCUT2D eigenvalue weighted by Gasteiger charge is -2.32. The van der Waals surface area contributed by atoms with E-state index in [9.17, 15) is 4.79 Å². The largest absolute Gasteiger partial charge is 0.491 e. The molecular formula is C42H53ClN8O5. The summed E-state index contributed by atoms with van der Waals surface area (Å²) in [5, 5.41) is 27.4. The van der Waals surface area contributed by atoms with Gasteiger partial charge in [-0.3, -0.25) is 9.72 Å². The molecule has 56 heavy (non-hydrogen) atoms. The Bertz CT molecular complexity index is 2020. The van der Waals surface area contributed by atoms with E-state index in [1.54, 1.807) is 24.3 Å². The predicted octanol–water partition coefficient (Wildman–Crippen LogP) is 8.57. The summed E-state index contributed by atoms with van der Waals surface area (Å²) in [6.07, 6.45) is 11.1. The molecule has 4 N–H and O–H groups in total. The highest BCUT2D eigenvalue weighted by molar-refractivity contribution is 6.33. The van der Waals surface area contributed by atoms with Crippen molar-refractivity contribution in [2.24, 2.45) is 5.41 Å². The number of aromatic nitrogens is 3. The predicted molar refractivity (Wildman–Crippen MR) is 218 cm³/mol. The number of anilines is 2. The first-order chi connectivity index (χ1) is 27.1. The summed E-state index contributed by atoms with van der Waals surface area (Å²) >= 11 is 6.63. The van der Waals surface area contributed by atoms with Gasteiger partial charge in [0.1, 0.15) is 30.0 Å². The zero-order chi connectivity index (χ0) is 39.1. The Morgan fingerprint density at radius 3 is 2.55 bits per heavy atom. The number of amides is 2. The molecule has 2 unspecified atom stereocenters. The highest BCUT2D eigenvalue weighted by atomic mass is 35.5. The highest BCUT2D eigenvalue weighted by Crippen LogP contribution is 2.39. The lowest BCUT2D eigenvalue weighted by Crippen LogP contribution is -2.41. The first kappa shape index (κ1) is 39.4. The molecule has 2 saturated heterocycles. The zero-order valence-electron chi connectivity index (χ0n) is 32.5. The van der Waals surface area contributed by atoms with Gasteiger partial charge < -0.3 is 39.9 Å². The van der Waals surface area contributed by atoms with E-state index in [1.165, 1.54) is 6.42 Å². The molecule has 13 nitrogen and oxygen atoms in total. The summed E-state index contributed by atoms with van der Waals surface area (Å²) < 4.78 is 26.1. The van der Waals surface area contributed by atoms with Crippen LogP contribution in [0.15, 0.2) is 72.7 Å². The summed E-state index contributed by atoms with van der Waals surface area (Å²) in [4.78, 5) is 16.0. The summed E-state index contributed by atoms with van der Waals surface area (Å²) in [5.74, 6) is 2.47. The van der Waals surface area contributed by atoms with E-state index >= 15 is 0 Å². The van der Waals surface area contributed by atoms with Crippen LogP contribution in [-0.4, -0.2) is 65.5 Å². The number of nitrogens with zero attached hydrogens (tertiary/aromatic N) is 4. The molecule has 0 radical (unpaired) electrons. The van der Waals surface area contributed by atoms with Gasteiger partial charge in [-0.2, -0.15) is 0 Å². The monoisotopic (exact) mass is 784 g/mol. The lowest BCUT2D eigenvalue weighted by atomic mass is 9.85. The summed E-state index contributed by atoms with van der Waals surface area (Å²) in [6.45, 7) is 9.23. The van der Waals surface area contributed by atoms with Crippen LogP contribution < -0.4 is 30.3 Å². The third-order valence-corrected chi connectivity index (χ3v) is 10.7. The number of halogens is 1. The zero-order valence-corrected chi connectivity index (χ0v) is 33.2. The molecule has 2 fully saturated rings. The van der Waals surface area contributed by atoms with E-state index in [2.05, 4.69) is 37.1 Å². The number of carbonyl (C=O) groups is 1. The Morgan fingerprint density at radius 1 is 0.964 bits per heavy atom. The van der Waals surface area contributed by atoms with Crippen molar-refractivity contribution in [3.8, 4) is 11.5 Å². The van der Waals surface area contributed by atoms with Crippen LogP contribution in [0.25, 0.3) is 5.65 Å². The Balaban J connectivity index is 1.01. The Morgan fingerprint density at radius 2 is 1.77 bits per heavy atom. The van der Waals surface area contributed by atoms with Crippen LogP contribution in [-0.2, 0) is 9.47 Å². The molecule has 2 aromatic heterocycles. The van der Waals surface area contributed by atoms with Crippen LogP contribution >= 0.6 is 11.6 Å². The van der Waals surface area contributed by atoms with E-state index in [-0.39, 0.29) is 18.4 Å². The number of nitrogens with one attached hydrogen (secondary N) is 4. The smallest absolute Gasteiger partial charge is 0.320 e. The fourth-order valence-corrected chi connectivity index (χ4v) is 7.39. The minimum atomic E-state index is -0.465. The first-order valence-corrected chi connectivity index (χ1v) is 20.1. The normalized spacial score (nSPS) is 20.2. The van der Waals surface area contributed by atoms with Gasteiger partial charge in [-0.25, -0.2) is 4.79 Å². The van der Waals surface area contributed by atoms with Gasteiger partial charge >= 0.3 is 6.03 Å². The minimum Gasteiger partial charge on any atom is -0.491 e. The van der Waals surface area contributed by atoms with Crippen LogP contribution in [0.3, 0.4) is 0 Å². The number of hydrogen-bond donors (Lipinski definition) is 4. The van der Waals surface area contributed by atoms with Gasteiger partial charge in [0.05, 0.1) is 29.6 Å². The fourth-order valence-electron chi connectivity index (χ4n) is 7.22. The molecule has 7 rings (SSSR count). The molecule has 4 aromatic rings. The van der Waals surface area contributed by atoms with Crippen molar-refractivity contribution in [2.75, 3.05) is 43.1 Å². The maximum absolute atomic E-state index is 13.7. The Hall–Kier alpha value is -4.85. The molecule has 0 spiro atoms. The first-order valence-electron chi connectivity index (χ1n) is 19.8. The number of ether oxygens (including phenoxy) is 4. The molecule has 2 amide bonds. The number of benzene rings is 2. The van der Waals surface area contributed by atoms with E-state index in [0.29, 0.717) is 54.0 Å². The van der Waals surface area contributed by atoms with E-state index in [4.69, 9.17) is 36.0 Å². The van der Waals surface area contributed by atoms with Crippen molar-refractivity contribution in [2.45, 2.75) is 90.6 Å². The average Bonchev–Trinajstić information content (AvgIpc) is 3.62. The molecular weight excluding hydrogens is 732 g/mol. The molecule has 14 heteroatoms. The van der Waals surface area contributed by atoms with Gasteiger partial charge in [-0.1, -0.05) is 56.6 Å². The second-order valence-electron chi connectivity index (χ2n) is 15.6. The van der Waals surface area contributed by atoms with E-state index < -0.39 is 11.4 Å². The van der Waals surface area contributed by atoms with Crippen molar-refractivity contribution in [1.29, 1.82) is 5.41 Å². The quantitative estimate of drug-likeness (QED) is 0.0773. The second kappa shape index (κ2) is 18.0. The number of rotatable bonds is 13. The Labute approximate surface area is 333 Å². The maximum Gasteiger partial charge on any atom is 0.320 e. The highest BCUT2D eigenvalue weighted by Gasteiger charge is 2.30. The van der Waals surface area contributed by atoms with Gasteiger partial charge in [0.25, 0.3) is 0 Å². The standard InChI is InChI=1S/C42H53ClN8O5/c1-42(2,3)36(44)26-37(45-34-25-28(14-16-32(34)43)53-23-24-55-39-13-7-10-22-54-39)47-40(52)46-33-17-18-35(31-12-6-5-11-30(31)33)56-29-15-19-38-48-49-41(51(38)27-29)50-20-8-4-9-21-50/h5-6,11-12,14-16,19,25-27,33,35,39,44-45H,4,7-10,13,17-18,20-24H2,1-3H3,(H2,46,47,52)/b37-26+,44-36?/t33?,35-,39?/m1/s1. The van der Waals surface area contributed by atoms with Gasteiger partial charge in [0, 0.05) is 43.0 Å². The summed E-state index contributed by atoms with van der Waals surface area (Å²) in [6, 6.07) is 16.6. The third-order valence-electron chi connectivity index (χ3n) is 10.4. The van der Waals surface area contributed by atoms with E-state index in [0.717, 1.165) is 80.3 Å². The molecule has 0 bridgehead atoms. The van der Waals surface area contributed by atoms with Crippen molar-refractivity contribution in [3.05, 3.63) is 88.8 Å². The van der Waals surface area contributed by atoms with Gasteiger partial charge in [-0.05, 0) is 86.8 Å². The van der Waals surface area contributed by atoms with Crippen molar-refractivity contribution >= 4 is 40.6 Å². The summed E-state index contributed by atoms with van der Waals surface area (Å²) in [5.41, 5.74) is 3.17. The van der Waals surface area contributed by atoms with Gasteiger partial charge in [0.2, 0.25) is 5.95 Å². The molecule has 2 aliphatic heterocycles. The molecule has 0 saturated carbocycles. The SMILES string of the molecule is CC(C)(C)C(=N)/C=C(/NC(=O)NC1CC[C@@H](Oc2ccc3nnc(N4CCCCC4)n3c2)c2ccccc21)Nc1cc(OCCOC2CCCCO2)ccc1Cl. The van der Waals surface area contributed by atoms with Crippen molar-refractivity contribution in [1.82, 2.24) is 25.2 Å². The van der Waals surface area contributed by atoms with E-state index in [1.807, 2.05) is 61.7 Å². The van der Waals surface area contributed by atoms with Crippen molar-refractivity contribution in [3.63, 3.8) is 0 Å². The molecule has 1 aliphatic carbocycles. The number of hydrogen-bond acceptors (Lipinski definition) is 10. The number of piperidine rings is 1. The maximum atomic E-state index is 13.7. The van der Waals surface area contributed by atoms with Crippen LogP contribution in [0.4, 0.5) is 16.4 Å². The third kappa shape index (κ3) is 9.93. The number of pyridine rings is 1. The number of fused-ring (bicyclic) bond motifs is 2. The second-order valence-corrected chi connectivity index (χ2v) is 16.0. The lowest BCUT2D eigenvalue weighted by molar-refractivity contribution is -0.165. The topological polar surface area (TPSA) is 147 Å².